The molecule has 1 aromatic rings. The van der Waals surface area contributed by atoms with Gasteiger partial charge in [0.2, 0.25) is 17.7 Å². The zero-order valence-electron chi connectivity index (χ0n) is 14.7. The molecule has 0 saturated heterocycles. The van der Waals surface area contributed by atoms with Crippen molar-refractivity contribution in [2.24, 2.45) is 5.92 Å². The Morgan fingerprint density at radius 3 is 2.33 bits per heavy atom. The highest BCUT2D eigenvalue weighted by Gasteiger charge is 2.21. The molecule has 0 aromatic heterocycles. The van der Waals surface area contributed by atoms with Crippen LogP contribution in [0.3, 0.4) is 0 Å². The molecule has 0 aliphatic carbocycles. The van der Waals surface area contributed by atoms with Crippen molar-refractivity contribution in [1.29, 1.82) is 0 Å². The molecule has 0 radical (unpaired) electrons. The number of rotatable bonds is 9. The summed E-state index contributed by atoms with van der Waals surface area (Å²) < 4.78 is 0. The van der Waals surface area contributed by atoms with Crippen LogP contribution in [0.5, 0.6) is 0 Å². The fourth-order valence-corrected chi connectivity index (χ4v) is 2.16. The van der Waals surface area contributed by atoms with Crippen LogP contribution >= 0.6 is 0 Å². The molecular formula is C18H27N3O3. The molecular weight excluding hydrogens is 306 g/mol. The maximum absolute atomic E-state index is 12.2. The predicted molar refractivity (Wildman–Crippen MR) is 94.4 cm³/mol. The molecule has 0 aliphatic rings. The first-order chi connectivity index (χ1) is 11.5. The number of carbonyl (C=O) groups is 3. The topological polar surface area (TPSA) is 78.5 Å². The first-order valence-corrected chi connectivity index (χ1v) is 8.38. The van der Waals surface area contributed by atoms with Gasteiger partial charge in [0.15, 0.2) is 0 Å². The molecule has 0 bridgehead atoms. The normalized spacial score (nSPS) is 11.5. The highest BCUT2D eigenvalue weighted by Crippen LogP contribution is 2.07. The molecule has 0 heterocycles. The maximum atomic E-state index is 12.2. The zero-order chi connectivity index (χ0) is 17.9. The minimum atomic E-state index is -0.330. The van der Waals surface area contributed by atoms with Crippen molar-refractivity contribution in [2.75, 3.05) is 25.0 Å². The Bertz CT molecular complexity index is 546. The fraction of sp³-hybridized carbons (Fsp3) is 0.500. The number of nitrogens with one attached hydrogen (secondary N) is 2. The van der Waals surface area contributed by atoms with Crippen molar-refractivity contribution in [1.82, 2.24) is 10.2 Å². The van der Waals surface area contributed by atoms with Gasteiger partial charge in [0.25, 0.3) is 0 Å². The Morgan fingerprint density at radius 1 is 1.08 bits per heavy atom. The van der Waals surface area contributed by atoms with Crippen molar-refractivity contribution in [2.45, 2.75) is 33.6 Å². The van der Waals surface area contributed by atoms with E-state index in [0.29, 0.717) is 12.2 Å². The largest absolute Gasteiger partial charge is 0.345 e. The van der Waals surface area contributed by atoms with Crippen molar-refractivity contribution in [3.8, 4) is 0 Å². The van der Waals surface area contributed by atoms with Crippen molar-refractivity contribution >= 4 is 23.4 Å². The van der Waals surface area contributed by atoms with E-state index < -0.39 is 0 Å². The summed E-state index contributed by atoms with van der Waals surface area (Å²) in [5.74, 6) is -0.762. The van der Waals surface area contributed by atoms with Crippen LogP contribution in [0.15, 0.2) is 30.3 Å². The second kappa shape index (κ2) is 10.4. The van der Waals surface area contributed by atoms with Crippen molar-refractivity contribution in [3.05, 3.63) is 30.3 Å². The summed E-state index contributed by atoms with van der Waals surface area (Å²) in [6, 6.07) is 9.03. The van der Waals surface area contributed by atoms with Gasteiger partial charge in [-0.1, -0.05) is 39.0 Å². The number of benzene rings is 1. The summed E-state index contributed by atoms with van der Waals surface area (Å²) in [5, 5.41) is 5.25. The third-order valence-corrected chi connectivity index (χ3v) is 3.68. The highest BCUT2D eigenvalue weighted by atomic mass is 16.2. The lowest BCUT2D eigenvalue weighted by atomic mass is 10.1. The van der Waals surface area contributed by atoms with Crippen LogP contribution < -0.4 is 10.6 Å². The van der Waals surface area contributed by atoms with Gasteiger partial charge in [-0.2, -0.15) is 0 Å². The summed E-state index contributed by atoms with van der Waals surface area (Å²) in [4.78, 5) is 37.6. The van der Waals surface area contributed by atoms with Crippen LogP contribution in [-0.4, -0.2) is 42.3 Å². The summed E-state index contributed by atoms with van der Waals surface area (Å²) in [6.45, 7) is 6.16. The molecule has 0 aliphatic heterocycles. The molecule has 1 rings (SSSR count). The molecule has 6 nitrogen and oxygen atoms in total. The Balaban J connectivity index is 2.45. The quantitative estimate of drug-likeness (QED) is 0.726. The van der Waals surface area contributed by atoms with Crippen LogP contribution in [0, 0.1) is 5.92 Å². The number of hydrogen-bond acceptors (Lipinski definition) is 3. The lowest BCUT2D eigenvalue weighted by Crippen LogP contribution is -2.44. The Kier molecular flexibility index (Phi) is 8.54. The van der Waals surface area contributed by atoms with Crippen molar-refractivity contribution < 1.29 is 14.4 Å². The molecule has 0 spiro atoms. The molecule has 0 fully saturated rings. The maximum Gasteiger partial charge on any atom is 0.243 e. The molecule has 0 unspecified atom stereocenters. The van der Waals surface area contributed by atoms with Gasteiger partial charge >= 0.3 is 0 Å². The number of nitrogens with zero attached hydrogens (tertiary/aromatic N) is 1. The van der Waals surface area contributed by atoms with Crippen molar-refractivity contribution in [3.63, 3.8) is 0 Å². The zero-order valence-corrected chi connectivity index (χ0v) is 14.7. The van der Waals surface area contributed by atoms with Crippen LogP contribution in [0.1, 0.15) is 33.6 Å². The second-order valence-electron chi connectivity index (χ2n) is 5.76. The summed E-state index contributed by atoms with van der Waals surface area (Å²) >= 11 is 0. The predicted octanol–water partition coefficient (Wildman–Crippen LogP) is 2.03. The average Bonchev–Trinajstić information content (AvgIpc) is 2.59. The highest BCUT2D eigenvalue weighted by molar-refractivity contribution is 5.95. The van der Waals surface area contributed by atoms with E-state index in [9.17, 15) is 14.4 Å². The lowest BCUT2D eigenvalue weighted by Gasteiger charge is -2.24. The van der Waals surface area contributed by atoms with E-state index in [0.717, 1.165) is 12.8 Å². The number of carbonyl (C=O) groups excluding carboxylic acids is 3. The third kappa shape index (κ3) is 6.81. The Hall–Kier alpha value is -2.37. The molecule has 24 heavy (non-hydrogen) atoms. The molecule has 1 atom stereocenters. The lowest BCUT2D eigenvalue weighted by molar-refractivity contribution is -0.139. The van der Waals surface area contributed by atoms with E-state index in [1.807, 2.05) is 39.0 Å². The first-order valence-electron chi connectivity index (χ1n) is 8.38. The molecule has 2 N–H and O–H groups in total. The van der Waals surface area contributed by atoms with E-state index in [4.69, 9.17) is 0 Å². The minimum Gasteiger partial charge on any atom is -0.345 e. The van der Waals surface area contributed by atoms with Gasteiger partial charge in [0, 0.05) is 18.2 Å². The van der Waals surface area contributed by atoms with Crippen LogP contribution in [0.4, 0.5) is 5.69 Å². The van der Waals surface area contributed by atoms with E-state index in [-0.39, 0.29) is 36.7 Å². The van der Waals surface area contributed by atoms with Gasteiger partial charge < -0.3 is 15.5 Å². The van der Waals surface area contributed by atoms with Gasteiger partial charge in [-0.15, -0.1) is 0 Å². The number of hydrogen-bond donors (Lipinski definition) is 2. The summed E-state index contributed by atoms with van der Waals surface area (Å²) in [6.07, 6.45) is 1.52. The monoisotopic (exact) mass is 333 g/mol. The van der Waals surface area contributed by atoms with E-state index in [1.54, 1.807) is 17.0 Å². The average molecular weight is 333 g/mol. The SMILES string of the molecule is CCCN(CC(=O)NCC(=O)Nc1ccccc1)C(=O)[C@H](C)CC. The fourth-order valence-electron chi connectivity index (χ4n) is 2.16. The first kappa shape index (κ1) is 19.7. The number of para-hydroxylation sites is 1. The van der Waals surface area contributed by atoms with Gasteiger partial charge in [-0.05, 0) is 25.0 Å². The van der Waals surface area contributed by atoms with Gasteiger partial charge in [0.05, 0.1) is 13.1 Å². The third-order valence-electron chi connectivity index (χ3n) is 3.68. The van der Waals surface area contributed by atoms with Gasteiger partial charge in [0.1, 0.15) is 0 Å². The molecule has 0 saturated carbocycles. The van der Waals surface area contributed by atoms with E-state index in [2.05, 4.69) is 10.6 Å². The van der Waals surface area contributed by atoms with E-state index >= 15 is 0 Å². The minimum absolute atomic E-state index is 0.0182. The summed E-state index contributed by atoms with van der Waals surface area (Å²) in [7, 11) is 0. The molecule has 3 amide bonds. The Labute approximate surface area is 143 Å². The Morgan fingerprint density at radius 2 is 1.75 bits per heavy atom. The van der Waals surface area contributed by atoms with Gasteiger partial charge in [-0.25, -0.2) is 0 Å². The standard InChI is InChI=1S/C18H27N3O3/c1-4-11-21(18(24)14(3)5-2)13-17(23)19-12-16(22)20-15-9-7-6-8-10-15/h6-10,14H,4-5,11-13H2,1-3H3,(H,19,23)(H,20,22)/t14-/m1/s1. The molecule has 1 aromatic carbocycles. The second-order valence-corrected chi connectivity index (χ2v) is 5.76. The van der Waals surface area contributed by atoms with Crippen LogP contribution in [0.2, 0.25) is 0 Å². The number of amides is 3. The van der Waals surface area contributed by atoms with Gasteiger partial charge in [-0.3, -0.25) is 14.4 Å². The molecule has 6 heteroatoms. The number of anilines is 1. The van der Waals surface area contributed by atoms with Crippen LogP contribution in [-0.2, 0) is 14.4 Å². The molecule has 132 valence electrons. The van der Waals surface area contributed by atoms with Crippen LogP contribution in [0.25, 0.3) is 0 Å². The van der Waals surface area contributed by atoms with E-state index in [1.165, 1.54) is 0 Å². The summed E-state index contributed by atoms with van der Waals surface area (Å²) in [5.41, 5.74) is 0.677. The smallest absolute Gasteiger partial charge is 0.243 e.